The number of anilines is 1. The first-order valence-electron chi connectivity index (χ1n) is 8.52. The molecular formula is C19H16F2N4O3S. The molecule has 0 spiro atoms. The molecular weight excluding hydrogens is 402 g/mol. The summed E-state index contributed by atoms with van der Waals surface area (Å²) in [4.78, 5) is 28.0. The predicted molar refractivity (Wildman–Crippen MR) is 104 cm³/mol. The number of ether oxygens (including phenoxy) is 1. The van der Waals surface area contributed by atoms with Gasteiger partial charge in [-0.2, -0.15) is 13.9 Å². The third kappa shape index (κ3) is 5.17. The van der Waals surface area contributed by atoms with Gasteiger partial charge in [-0.1, -0.05) is 0 Å². The number of nitrogens with zero attached hydrogens (tertiary/aromatic N) is 3. The quantitative estimate of drug-likeness (QED) is 0.461. The Morgan fingerprint density at radius 2 is 1.97 bits per heavy atom. The topological polar surface area (TPSA) is 86.1 Å². The second-order valence-electron chi connectivity index (χ2n) is 5.60. The molecule has 3 rings (SSSR count). The van der Waals surface area contributed by atoms with Crippen LogP contribution in [-0.4, -0.2) is 39.0 Å². The van der Waals surface area contributed by atoms with Crippen molar-refractivity contribution in [2.75, 3.05) is 11.9 Å². The van der Waals surface area contributed by atoms with Gasteiger partial charge in [0.15, 0.2) is 5.69 Å². The van der Waals surface area contributed by atoms with E-state index in [1.165, 1.54) is 29.1 Å². The van der Waals surface area contributed by atoms with Crippen LogP contribution in [0.25, 0.3) is 5.69 Å². The smallest absolute Gasteiger partial charge is 0.358 e. The fourth-order valence-corrected chi connectivity index (χ4v) is 3.00. The van der Waals surface area contributed by atoms with Crippen molar-refractivity contribution in [1.29, 1.82) is 0 Å². The van der Waals surface area contributed by atoms with E-state index in [-0.39, 0.29) is 34.7 Å². The molecule has 0 unspecified atom stereocenters. The van der Waals surface area contributed by atoms with Crippen LogP contribution in [0.4, 0.5) is 14.5 Å². The van der Waals surface area contributed by atoms with Gasteiger partial charge >= 0.3 is 5.97 Å². The van der Waals surface area contributed by atoms with E-state index in [1.54, 1.807) is 37.4 Å². The second-order valence-corrected chi connectivity index (χ2v) is 6.58. The van der Waals surface area contributed by atoms with Gasteiger partial charge in [0.2, 0.25) is 0 Å². The second kappa shape index (κ2) is 9.28. The lowest BCUT2D eigenvalue weighted by molar-refractivity contribution is 0.0518. The predicted octanol–water partition coefficient (Wildman–Crippen LogP) is 4.01. The lowest BCUT2D eigenvalue weighted by Gasteiger charge is -2.09. The van der Waals surface area contributed by atoms with Crippen LogP contribution in [0.1, 0.15) is 27.8 Å². The average molecular weight is 418 g/mol. The van der Waals surface area contributed by atoms with Gasteiger partial charge in [-0.25, -0.2) is 14.5 Å². The van der Waals surface area contributed by atoms with Gasteiger partial charge in [0, 0.05) is 18.1 Å². The van der Waals surface area contributed by atoms with Crippen molar-refractivity contribution in [2.45, 2.75) is 17.7 Å². The van der Waals surface area contributed by atoms with Crippen molar-refractivity contribution >= 4 is 29.3 Å². The first-order chi connectivity index (χ1) is 14.0. The first-order valence-corrected chi connectivity index (χ1v) is 9.40. The summed E-state index contributed by atoms with van der Waals surface area (Å²) in [5.41, 5.74) is 1.38. The lowest BCUT2D eigenvalue weighted by atomic mass is 10.2. The van der Waals surface area contributed by atoms with Crippen molar-refractivity contribution in [3.8, 4) is 5.69 Å². The summed E-state index contributed by atoms with van der Waals surface area (Å²) in [5, 5.41) is 6.76. The fraction of sp³-hybridized carbons (Fsp3) is 0.158. The minimum Gasteiger partial charge on any atom is -0.461 e. The molecule has 1 amide bonds. The summed E-state index contributed by atoms with van der Waals surface area (Å²) in [5.74, 6) is -3.73. The number of carbonyl (C=O) groups is 2. The van der Waals surface area contributed by atoms with E-state index in [4.69, 9.17) is 4.74 Å². The average Bonchev–Trinajstić information content (AvgIpc) is 3.19. The molecule has 0 radical (unpaired) electrons. The molecule has 10 heteroatoms. The zero-order chi connectivity index (χ0) is 20.8. The highest BCUT2D eigenvalue weighted by atomic mass is 32.2. The van der Waals surface area contributed by atoms with Gasteiger partial charge in [-0.05, 0) is 61.2 Å². The molecule has 2 aromatic heterocycles. The summed E-state index contributed by atoms with van der Waals surface area (Å²) >= 11 is 0.217. The van der Waals surface area contributed by atoms with E-state index in [0.717, 1.165) is 0 Å². The minimum absolute atomic E-state index is 0.0420. The molecule has 7 nitrogen and oxygen atoms in total. The molecule has 0 fully saturated rings. The third-order valence-corrected chi connectivity index (χ3v) is 4.41. The molecule has 1 N–H and O–H groups in total. The third-order valence-electron chi connectivity index (χ3n) is 3.68. The molecule has 0 aliphatic rings. The van der Waals surface area contributed by atoms with E-state index in [1.807, 2.05) is 0 Å². The van der Waals surface area contributed by atoms with Crippen LogP contribution < -0.4 is 5.32 Å². The monoisotopic (exact) mass is 418 g/mol. The van der Waals surface area contributed by atoms with Crippen LogP contribution in [0.2, 0.25) is 0 Å². The summed E-state index contributed by atoms with van der Waals surface area (Å²) in [6.45, 7) is 1.97. The summed E-state index contributed by atoms with van der Waals surface area (Å²) in [7, 11) is 0. The Kier molecular flexibility index (Phi) is 6.55. The summed E-state index contributed by atoms with van der Waals surface area (Å²) in [6, 6.07) is 11.1. The molecule has 0 saturated carbocycles. The SMILES string of the molecule is CCOC(=O)c1ccn(-c2ccc(NC(=O)c3cccnc3SC(F)F)cc2)n1. The number of rotatable bonds is 7. The number of hydrogen-bond donors (Lipinski definition) is 1. The Bertz CT molecular complexity index is 1010. The Hall–Kier alpha value is -3.27. The number of aromatic nitrogens is 3. The highest BCUT2D eigenvalue weighted by Gasteiger charge is 2.17. The van der Waals surface area contributed by atoms with Crippen LogP contribution >= 0.6 is 11.8 Å². The highest BCUT2D eigenvalue weighted by molar-refractivity contribution is 7.99. The molecule has 3 aromatic rings. The van der Waals surface area contributed by atoms with Crippen LogP contribution in [0.3, 0.4) is 0 Å². The molecule has 150 valence electrons. The van der Waals surface area contributed by atoms with E-state index >= 15 is 0 Å². The molecule has 29 heavy (non-hydrogen) atoms. The van der Waals surface area contributed by atoms with Crippen LogP contribution in [0, 0.1) is 0 Å². The molecule has 1 aromatic carbocycles. The number of benzene rings is 1. The van der Waals surface area contributed by atoms with Crippen LogP contribution in [0.15, 0.2) is 59.9 Å². The van der Waals surface area contributed by atoms with Crippen molar-refractivity contribution in [3.63, 3.8) is 0 Å². The van der Waals surface area contributed by atoms with Crippen molar-refractivity contribution in [2.24, 2.45) is 0 Å². The number of thioether (sulfide) groups is 1. The van der Waals surface area contributed by atoms with Gasteiger partial charge in [-0.15, -0.1) is 0 Å². The maximum absolute atomic E-state index is 12.6. The highest BCUT2D eigenvalue weighted by Crippen LogP contribution is 2.27. The van der Waals surface area contributed by atoms with E-state index in [2.05, 4.69) is 15.4 Å². The van der Waals surface area contributed by atoms with Gasteiger partial charge in [0.05, 0.1) is 17.9 Å². The lowest BCUT2D eigenvalue weighted by Crippen LogP contribution is -2.14. The van der Waals surface area contributed by atoms with Gasteiger partial charge < -0.3 is 10.1 Å². The first kappa shape index (κ1) is 20.5. The Balaban J connectivity index is 1.71. The number of carbonyl (C=O) groups excluding carboxylic acids is 2. The zero-order valence-electron chi connectivity index (χ0n) is 15.2. The van der Waals surface area contributed by atoms with E-state index in [9.17, 15) is 18.4 Å². The van der Waals surface area contributed by atoms with Crippen molar-refractivity contribution in [1.82, 2.24) is 14.8 Å². The maximum Gasteiger partial charge on any atom is 0.358 e. The van der Waals surface area contributed by atoms with Crippen LogP contribution in [0.5, 0.6) is 0 Å². The van der Waals surface area contributed by atoms with Gasteiger partial charge in [0.1, 0.15) is 5.03 Å². The molecule has 0 aliphatic heterocycles. The summed E-state index contributed by atoms with van der Waals surface area (Å²) in [6.07, 6.45) is 2.97. The Morgan fingerprint density at radius 1 is 1.21 bits per heavy atom. The molecule has 0 saturated heterocycles. The number of alkyl halides is 2. The largest absolute Gasteiger partial charge is 0.461 e. The van der Waals surface area contributed by atoms with E-state index in [0.29, 0.717) is 11.4 Å². The van der Waals surface area contributed by atoms with Gasteiger partial charge in [0.25, 0.3) is 11.7 Å². The molecule has 0 atom stereocenters. The van der Waals surface area contributed by atoms with Crippen LogP contribution in [-0.2, 0) is 4.74 Å². The molecule has 0 aliphatic carbocycles. The number of esters is 1. The van der Waals surface area contributed by atoms with Crippen molar-refractivity contribution in [3.05, 3.63) is 66.1 Å². The normalized spacial score (nSPS) is 10.8. The number of halogens is 2. The van der Waals surface area contributed by atoms with Crippen molar-refractivity contribution < 1.29 is 23.1 Å². The Labute approximate surface area is 169 Å². The standard InChI is InChI=1S/C19H16F2N4O3S/c1-2-28-18(27)15-9-11-25(24-15)13-7-5-12(6-8-13)23-16(26)14-4-3-10-22-17(14)29-19(20)21/h3-11,19H,2H2,1H3,(H,23,26). The van der Waals surface area contributed by atoms with E-state index < -0.39 is 17.6 Å². The maximum atomic E-state index is 12.6. The number of hydrogen-bond acceptors (Lipinski definition) is 6. The molecule has 0 bridgehead atoms. The fourth-order valence-electron chi connectivity index (χ4n) is 2.42. The van der Waals surface area contributed by atoms with Gasteiger partial charge in [-0.3, -0.25) is 4.79 Å². The number of amides is 1. The number of pyridine rings is 1. The minimum atomic E-state index is -2.68. The number of nitrogens with one attached hydrogen (secondary N) is 1. The molecule has 2 heterocycles. The summed E-state index contributed by atoms with van der Waals surface area (Å²) < 4.78 is 31.7. The Morgan fingerprint density at radius 3 is 2.66 bits per heavy atom. The zero-order valence-corrected chi connectivity index (χ0v) is 16.0.